The molecule has 0 atom stereocenters. The van der Waals surface area contributed by atoms with Gasteiger partial charge in [-0.15, -0.1) is 11.3 Å². The number of halogens is 1. The van der Waals surface area contributed by atoms with E-state index in [1.165, 1.54) is 29.5 Å². The molecule has 2 aromatic rings. The minimum atomic E-state index is -0.664. The summed E-state index contributed by atoms with van der Waals surface area (Å²) in [7, 11) is 0. The molecule has 0 fully saturated rings. The van der Waals surface area contributed by atoms with E-state index in [0.717, 1.165) is 5.01 Å². The highest BCUT2D eigenvalue weighted by molar-refractivity contribution is 7.09. The third kappa shape index (κ3) is 2.90. The van der Waals surface area contributed by atoms with Crippen LogP contribution < -0.4 is 11.1 Å². The molecule has 100 valence electrons. The van der Waals surface area contributed by atoms with E-state index < -0.39 is 17.3 Å². The molecule has 0 spiro atoms. The van der Waals surface area contributed by atoms with Crippen LogP contribution in [0.3, 0.4) is 0 Å². The van der Waals surface area contributed by atoms with Gasteiger partial charge in [0.2, 0.25) is 0 Å². The van der Waals surface area contributed by atoms with Gasteiger partial charge in [-0.05, 0) is 32.0 Å². The number of thiazole rings is 1. The normalized spacial score (nSPS) is 11.3. The van der Waals surface area contributed by atoms with Crippen LogP contribution in [0.2, 0.25) is 0 Å². The lowest BCUT2D eigenvalue weighted by Crippen LogP contribution is -2.41. The molecule has 0 bridgehead atoms. The molecule has 6 heteroatoms. The Morgan fingerprint density at radius 1 is 1.47 bits per heavy atom. The van der Waals surface area contributed by atoms with E-state index >= 15 is 0 Å². The number of nitrogens with one attached hydrogen (secondary N) is 1. The maximum atomic E-state index is 13.6. The lowest BCUT2D eigenvalue weighted by Gasteiger charge is -2.24. The predicted molar refractivity (Wildman–Crippen MR) is 73.4 cm³/mol. The molecule has 0 aliphatic heterocycles. The largest absolute Gasteiger partial charge is 0.399 e. The number of carbonyl (C=O) groups excluding carboxylic acids is 1. The molecule has 0 aliphatic carbocycles. The molecule has 3 N–H and O–H groups in total. The molecule has 0 radical (unpaired) electrons. The van der Waals surface area contributed by atoms with Gasteiger partial charge < -0.3 is 11.1 Å². The third-order valence-electron chi connectivity index (χ3n) is 2.63. The molecular weight excluding hydrogens is 265 g/mol. The van der Waals surface area contributed by atoms with Gasteiger partial charge in [0.1, 0.15) is 10.8 Å². The number of hydrogen-bond acceptors (Lipinski definition) is 4. The fourth-order valence-corrected chi connectivity index (χ4v) is 2.37. The van der Waals surface area contributed by atoms with Gasteiger partial charge in [0.25, 0.3) is 5.91 Å². The number of nitrogens with zero attached hydrogens (tertiary/aromatic N) is 1. The second-order valence-electron chi connectivity index (χ2n) is 4.66. The molecule has 0 saturated heterocycles. The molecule has 1 amide bonds. The Kier molecular flexibility index (Phi) is 3.53. The quantitative estimate of drug-likeness (QED) is 0.848. The summed E-state index contributed by atoms with van der Waals surface area (Å²) in [6, 6.07) is 3.92. The van der Waals surface area contributed by atoms with E-state index in [2.05, 4.69) is 10.3 Å². The summed E-state index contributed by atoms with van der Waals surface area (Å²) in [5.74, 6) is -1.10. The maximum absolute atomic E-state index is 13.6. The first-order valence-corrected chi connectivity index (χ1v) is 6.55. The van der Waals surface area contributed by atoms with Gasteiger partial charge in [0, 0.05) is 17.3 Å². The summed E-state index contributed by atoms with van der Waals surface area (Å²) >= 11 is 1.43. The number of benzene rings is 1. The van der Waals surface area contributed by atoms with E-state index in [-0.39, 0.29) is 5.56 Å². The number of amides is 1. The first-order valence-electron chi connectivity index (χ1n) is 5.67. The van der Waals surface area contributed by atoms with Crippen LogP contribution in [0.1, 0.15) is 29.2 Å². The van der Waals surface area contributed by atoms with Gasteiger partial charge in [-0.3, -0.25) is 4.79 Å². The molecule has 4 nitrogen and oxygen atoms in total. The van der Waals surface area contributed by atoms with Gasteiger partial charge in [0.15, 0.2) is 0 Å². The highest BCUT2D eigenvalue weighted by Crippen LogP contribution is 2.23. The van der Waals surface area contributed by atoms with Crippen molar-refractivity contribution in [2.75, 3.05) is 5.73 Å². The lowest BCUT2D eigenvalue weighted by molar-refractivity contribution is 0.0908. The summed E-state index contributed by atoms with van der Waals surface area (Å²) in [5.41, 5.74) is 5.18. The van der Waals surface area contributed by atoms with Crippen molar-refractivity contribution in [3.8, 4) is 0 Å². The molecule has 1 heterocycles. The topological polar surface area (TPSA) is 68.0 Å². The van der Waals surface area contributed by atoms with Crippen LogP contribution in [-0.4, -0.2) is 10.9 Å². The van der Waals surface area contributed by atoms with Crippen LogP contribution >= 0.6 is 11.3 Å². The second-order valence-corrected chi connectivity index (χ2v) is 5.55. The number of aromatic nitrogens is 1. The zero-order valence-electron chi connectivity index (χ0n) is 10.6. The summed E-state index contributed by atoms with van der Waals surface area (Å²) in [6.45, 7) is 3.63. The van der Waals surface area contributed by atoms with Gasteiger partial charge >= 0.3 is 0 Å². The van der Waals surface area contributed by atoms with Crippen molar-refractivity contribution >= 4 is 22.9 Å². The summed E-state index contributed by atoms with van der Waals surface area (Å²) in [4.78, 5) is 16.3. The minimum absolute atomic E-state index is 0.0652. The van der Waals surface area contributed by atoms with Gasteiger partial charge in [-0.2, -0.15) is 0 Å². The zero-order chi connectivity index (χ0) is 14.0. The lowest BCUT2D eigenvalue weighted by atomic mass is 10.1. The average molecular weight is 279 g/mol. The first kappa shape index (κ1) is 13.5. The Morgan fingerprint density at radius 3 is 2.84 bits per heavy atom. The number of nitrogen functional groups attached to an aromatic ring is 1. The number of nitrogens with two attached hydrogens (primary N) is 1. The van der Waals surface area contributed by atoms with Crippen LogP contribution in [0.5, 0.6) is 0 Å². The average Bonchev–Trinajstić information content (AvgIpc) is 2.86. The summed E-state index contributed by atoms with van der Waals surface area (Å²) in [5, 5.41) is 5.33. The van der Waals surface area contributed by atoms with Crippen molar-refractivity contribution in [1.82, 2.24) is 10.3 Å². The Bertz CT molecular complexity index is 596. The van der Waals surface area contributed by atoms with Gasteiger partial charge in [0.05, 0.1) is 11.1 Å². The second kappa shape index (κ2) is 4.97. The van der Waals surface area contributed by atoms with Gasteiger partial charge in [-0.1, -0.05) is 0 Å². The Morgan fingerprint density at radius 2 is 2.21 bits per heavy atom. The summed E-state index contributed by atoms with van der Waals surface area (Å²) in [6.07, 6.45) is 1.66. The molecule has 0 saturated carbocycles. The van der Waals surface area contributed by atoms with E-state index in [0.29, 0.717) is 5.69 Å². The predicted octanol–water partition coefficient (Wildman–Crippen LogP) is 2.53. The monoisotopic (exact) mass is 279 g/mol. The molecular formula is C13H14FN3OS. The standard InChI is InChI=1S/C13H14FN3OS/c1-13(2,12-16-5-6-19-12)17-11(18)9-7-8(15)3-4-10(9)14/h3-7H,15H2,1-2H3,(H,17,18). The van der Waals surface area contributed by atoms with Crippen LogP contribution in [0, 0.1) is 5.82 Å². The number of carbonyl (C=O) groups is 1. The smallest absolute Gasteiger partial charge is 0.255 e. The highest BCUT2D eigenvalue weighted by atomic mass is 32.1. The minimum Gasteiger partial charge on any atom is -0.399 e. The van der Waals surface area contributed by atoms with Crippen molar-refractivity contribution in [1.29, 1.82) is 0 Å². The first-order chi connectivity index (χ1) is 8.90. The Balaban J connectivity index is 2.24. The van der Waals surface area contributed by atoms with Crippen molar-refractivity contribution in [2.24, 2.45) is 0 Å². The van der Waals surface area contributed by atoms with Crippen molar-refractivity contribution in [3.05, 3.63) is 46.2 Å². The summed E-state index contributed by atoms with van der Waals surface area (Å²) < 4.78 is 13.6. The van der Waals surface area contributed by atoms with Crippen LogP contribution in [0.25, 0.3) is 0 Å². The number of rotatable bonds is 3. The molecule has 2 rings (SSSR count). The SMILES string of the molecule is CC(C)(NC(=O)c1cc(N)ccc1F)c1nccs1. The van der Waals surface area contributed by atoms with E-state index in [4.69, 9.17) is 5.73 Å². The number of anilines is 1. The molecule has 0 unspecified atom stereocenters. The fraction of sp³-hybridized carbons (Fsp3) is 0.231. The van der Waals surface area contributed by atoms with Crippen molar-refractivity contribution in [2.45, 2.75) is 19.4 Å². The van der Waals surface area contributed by atoms with E-state index in [1.807, 2.05) is 19.2 Å². The van der Waals surface area contributed by atoms with Crippen LogP contribution in [0.4, 0.5) is 10.1 Å². The number of hydrogen-bond donors (Lipinski definition) is 2. The zero-order valence-corrected chi connectivity index (χ0v) is 11.4. The Hall–Kier alpha value is -1.95. The Labute approximate surface area is 114 Å². The third-order valence-corrected chi connectivity index (χ3v) is 3.72. The van der Waals surface area contributed by atoms with E-state index in [1.54, 1.807) is 6.20 Å². The molecule has 1 aromatic heterocycles. The fourth-order valence-electron chi connectivity index (χ4n) is 1.65. The van der Waals surface area contributed by atoms with Crippen LogP contribution in [-0.2, 0) is 5.54 Å². The van der Waals surface area contributed by atoms with Crippen molar-refractivity contribution in [3.63, 3.8) is 0 Å². The molecule has 1 aromatic carbocycles. The maximum Gasteiger partial charge on any atom is 0.255 e. The van der Waals surface area contributed by atoms with E-state index in [9.17, 15) is 9.18 Å². The van der Waals surface area contributed by atoms with Crippen molar-refractivity contribution < 1.29 is 9.18 Å². The van der Waals surface area contributed by atoms with Crippen LogP contribution in [0.15, 0.2) is 29.8 Å². The van der Waals surface area contributed by atoms with Gasteiger partial charge in [-0.25, -0.2) is 9.37 Å². The highest BCUT2D eigenvalue weighted by Gasteiger charge is 2.27. The molecule has 0 aliphatic rings. The molecule has 19 heavy (non-hydrogen) atoms.